The molecule has 0 fully saturated rings. The van der Waals surface area contributed by atoms with Gasteiger partial charge in [0.15, 0.2) is 0 Å². The largest absolute Gasteiger partial charge is 0.467 e. The highest BCUT2D eigenvalue weighted by Crippen LogP contribution is 2.09. The molecule has 0 saturated carbocycles. The first kappa shape index (κ1) is 14.8. The summed E-state index contributed by atoms with van der Waals surface area (Å²) in [6.07, 6.45) is 1.56. The quantitative estimate of drug-likeness (QED) is 0.749. The molecule has 0 unspecified atom stereocenters. The van der Waals surface area contributed by atoms with E-state index in [0.29, 0.717) is 23.6 Å². The van der Waals surface area contributed by atoms with Crippen LogP contribution < -0.4 is 16.0 Å². The van der Waals surface area contributed by atoms with Gasteiger partial charge in [0.2, 0.25) is 5.91 Å². The second-order valence-corrected chi connectivity index (χ2v) is 4.42. The first-order valence-electron chi connectivity index (χ1n) is 6.54. The SMILES string of the molecule is CNCC(=O)Nc1ccc(C(=O)NCc2ccco2)cc1. The minimum Gasteiger partial charge on any atom is -0.467 e. The van der Waals surface area contributed by atoms with Crippen LogP contribution in [0.4, 0.5) is 5.69 Å². The van der Waals surface area contributed by atoms with Crippen LogP contribution in [0.2, 0.25) is 0 Å². The highest BCUT2D eigenvalue weighted by atomic mass is 16.3. The van der Waals surface area contributed by atoms with E-state index in [1.807, 2.05) is 0 Å². The van der Waals surface area contributed by atoms with Crippen molar-refractivity contribution in [1.29, 1.82) is 0 Å². The summed E-state index contributed by atoms with van der Waals surface area (Å²) < 4.78 is 5.14. The summed E-state index contributed by atoms with van der Waals surface area (Å²) in [7, 11) is 1.70. The molecule has 0 aliphatic heterocycles. The summed E-state index contributed by atoms with van der Waals surface area (Å²) >= 11 is 0. The van der Waals surface area contributed by atoms with Crippen LogP contribution in [0.3, 0.4) is 0 Å². The third kappa shape index (κ3) is 4.47. The number of benzene rings is 1. The normalized spacial score (nSPS) is 10.1. The molecule has 0 bridgehead atoms. The Morgan fingerprint density at radius 2 is 1.90 bits per heavy atom. The van der Waals surface area contributed by atoms with Crippen molar-refractivity contribution in [3.63, 3.8) is 0 Å². The van der Waals surface area contributed by atoms with Crippen molar-refractivity contribution < 1.29 is 14.0 Å². The van der Waals surface area contributed by atoms with Crippen molar-refractivity contribution in [2.75, 3.05) is 18.9 Å². The molecule has 0 aliphatic rings. The Bertz CT molecular complexity index is 591. The molecule has 2 aromatic rings. The van der Waals surface area contributed by atoms with E-state index in [1.54, 1.807) is 49.7 Å². The van der Waals surface area contributed by atoms with Crippen molar-refractivity contribution in [1.82, 2.24) is 10.6 Å². The molecular weight excluding hydrogens is 270 g/mol. The van der Waals surface area contributed by atoms with Gasteiger partial charge in [0, 0.05) is 11.3 Å². The van der Waals surface area contributed by atoms with Gasteiger partial charge in [-0.2, -0.15) is 0 Å². The number of carbonyl (C=O) groups is 2. The Kier molecular flexibility index (Phi) is 5.11. The van der Waals surface area contributed by atoms with Crippen molar-refractivity contribution in [2.45, 2.75) is 6.54 Å². The zero-order valence-electron chi connectivity index (χ0n) is 11.7. The molecule has 1 aromatic carbocycles. The Morgan fingerprint density at radius 1 is 1.14 bits per heavy atom. The predicted molar refractivity (Wildman–Crippen MR) is 78.9 cm³/mol. The lowest BCUT2D eigenvalue weighted by Crippen LogP contribution is -2.25. The van der Waals surface area contributed by atoms with E-state index in [4.69, 9.17) is 4.42 Å². The van der Waals surface area contributed by atoms with Crippen LogP contribution in [0.15, 0.2) is 47.1 Å². The van der Waals surface area contributed by atoms with Crippen molar-refractivity contribution in [2.24, 2.45) is 0 Å². The average Bonchev–Trinajstić information content (AvgIpc) is 2.99. The maximum Gasteiger partial charge on any atom is 0.251 e. The van der Waals surface area contributed by atoms with E-state index in [9.17, 15) is 9.59 Å². The third-order valence-corrected chi connectivity index (χ3v) is 2.77. The molecule has 0 saturated heterocycles. The molecular formula is C15H17N3O3. The van der Waals surface area contributed by atoms with Crippen LogP contribution in [0.5, 0.6) is 0 Å². The van der Waals surface area contributed by atoms with Gasteiger partial charge in [-0.1, -0.05) is 0 Å². The Balaban J connectivity index is 1.88. The van der Waals surface area contributed by atoms with Crippen molar-refractivity contribution in [3.8, 4) is 0 Å². The molecule has 0 aliphatic carbocycles. The molecule has 21 heavy (non-hydrogen) atoms. The Hall–Kier alpha value is -2.60. The van der Waals surface area contributed by atoms with Gasteiger partial charge in [-0.15, -0.1) is 0 Å². The third-order valence-electron chi connectivity index (χ3n) is 2.77. The number of anilines is 1. The minimum atomic E-state index is -0.195. The van der Waals surface area contributed by atoms with E-state index in [-0.39, 0.29) is 18.4 Å². The first-order chi connectivity index (χ1) is 10.2. The zero-order valence-corrected chi connectivity index (χ0v) is 11.7. The van der Waals surface area contributed by atoms with Gasteiger partial charge in [-0.05, 0) is 43.4 Å². The van der Waals surface area contributed by atoms with E-state index >= 15 is 0 Å². The molecule has 1 heterocycles. The maximum absolute atomic E-state index is 11.9. The summed E-state index contributed by atoms with van der Waals surface area (Å²) in [4.78, 5) is 23.3. The van der Waals surface area contributed by atoms with Gasteiger partial charge in [0.25, 0.3) is 5.91 Å². The second-order valence-electron chi connectivity index (χ2n) is 4.42. The van der Waals surface area contributed by atoms with Crippen LogP contribution in [0.1, 0.15) is 16.1 Å². The molecule has 6 heteroatoms. The van der Waals surface area contributed by atoms with Gasteiger partial charge in [-0.3, -0.25) is 9.59 Å². The lowest BCUT2D eigenvalue weighted by molar-refractivity contribution is -0.115. The molecule has 6 nitrogen and oxygen atoms in total. The number of amides is 2. The van der Waals surface area contributed by atoms with E-state index in [0.717, 1.165) is 0 Å². The zero-order chi connectivity index (χ0) is 15.1. The van der Waals surface area contributed by atoms with E-state index in [2.05, 4.69) is 16.0 Å². The molecule has 0 spiro atoms. The molecule has 0 atom stereocenters. The summed E-state index contributed by atoms with van der Waals surface area (Å²) in [5, 5.41) is 8.23. The van der Waals surface area contributed by atoms with Gasteiger partial charge in [-0.25, -0.2) is 0 Å². The molecule has 0 radical (unpaired) electrons. The smallest absolute Gasteiger partial charge is 0.251 e. The van der Waals surface area contributed by atoms with Gasteiger partial charge in [0.1, 0.15) is 5.76 Å². The van der Waals surface area contributed by atoms with Crippen LogP contribution in [0, 0.1) is 0 Å². The second kappa shape index (κ2) is 7.25. The van der Waals surface area contributed by atoms with E-state index < -0.39 is 0 Å². The molecule has 3 N–H and O–H groups in total. The summed E-state index contributed by atoms with van der Waals surface area (Å²) in [6.45, 7) is 0.581. The monoisotopic (exact) mass is 287 g/mol. The maximum atomic E-state index is 11.9. The van der Waals surface area contributed by atoms with Gasteiger partial charge in [0.05, 0.1) is 19.4 Å². The number of hydrogen-bond donors (Lipinski definition) is 3. The Labute approximate surface area is 122 Å². The van der Waals surface area contributed by atoms with Crippen molar-refractivity contribution >= 4 is 17.5 Å². The van der Waals surface area contributed by atoms with Crippen molar-refractivity contribution in [3.05, 3.63) is 54.0 Å². The summed E-state index contributed by atoms with van der Waals surface area (Å²) in [6, 6.07) is 10.3. The number of likely N-dealkylation sites (N-methyl/N-ethyl adjacent to an activating group) is 1. The highest BCUT2D eigenvalue weighted by Gasteiger charge is 2.07. The van der Waals surface area contributed by atoms with Gasteiger partial charge >= 0.3 is 0 Å². The number of furan rings is 1. The van der Waals surface area contributed by atoms with Crippen LogP contribution in [-0.2, 0) is 11.3 Å². The number of carbonyl (C=O) groups excluding carboxylic acids is 2. The summed E-state index contributed by atoms with van der Waals surface area (Å²) in [5.41, 5.74) is 1.17. The van der Waals surface area contributed by atoms with Crippen LogP contribution in [-0.4, -0.2) is 25.4 Å². The van der Waals surface area contributed by atoms with Crippen LogP contribution >= 0.6 is 0 Å². The molecule has 2 amide bonds. The van der Waals surface area contributed by atoms with E-state index in [1.165, 1.54) is 0 Å². The van der Waals surface area contributed by atoms with Crippen LogP contribution in [0.25, 0.3) is 0 Å². The molecule has 110 valence electrons. The minimum absolute atomic E-state index is 0.132. The standard InChI is InChI=1S/C15H17N3O3/c1-16-10-14(19)18-12-6-4-11(5-7-12)15(20)17-9-13-3-2-8-21-13/h2-8,16H,9-10H2,1H3,(H,17,20)(H,18,19). The fourth-order valence-corrected chi connectivity index (χ4v) is 1.75. The topological polar surface area (TPSA) is 83.4 Å². The highest BCUT2D eigenvalue weighted by molar-refractivity contribution is 5.96. The fraction of sp³-hybridized carbons (Fsp3) is 0.200. The predicted octanol–water partition coefficient (Wildman–Crippen LogP) is 1.37. The fourth-order valence-electron chi connectivity index (χ4n) is 1.75. The summed E-state index contributed by atoms with van der Waals surface area (Å²) in [5.74, 6) is 0.367. The number of nitrogens with one attached hydrogen (secondary N) is 3. The first-order valence-corrected chi connectivity index (χ1v) is 6.54. The Morgan fingerprint density at radius 3 is 2.52 bits per heavy atom. The van der Waals surface area contributed by atoms with Gasteiger partial charge < -0.3 is 20.4 Å². The number of hydrogen-bond acceptors (Lipinski definition) is 4. The average molecular weight is 287 g/mol. The lowest BCUT2D eigenvalue weighted by Gasteiger charge is -2.06. The number of rotatable bonds is 6. The lowest BCUT2D eigenvalue weighted by atomic mass is 10.2. The molecule has 2 rings (SSSR count). The molecule has 1 aromatic heterocycles.